The van der Waals surface area contributed by atoms with Crippen molar-refractivity contribution in [1.82, 2.24) is 10.6 Å². The molecule has 1 aromatic carbocycles. The van der Waals surface area contributed by atoms with Crippen molar-refractivity contribution in [3.8, 4) is 0 Å². The van der Waals surface area contributed by atoms with Gasteiger partial charge in [0, 0.05) is 6.04 Å². The summed E-state index contributed by atoms with van der Waals surface area (Å²) in [4.78, 5) is 23.4. The Morgan fingerprint density at radius 1 is 1.15 bits per heavy atom. The first-order valence-corrected chi connectivity index (χ1v) is 6.80. The van der Waals surface area contributed by atoms with Crippen LogP contribution in [0.2, 0.25) is 0 Å². The smallest absolute Gasteiger partial charge is 0.407 e. The molecule has 110 valence electrons. The van der Waals surface area contributed by atoms with Gasteiger partial charge in [0.2, 0.25) is 5.91 Å². The molecule has 5 heteroatoms. The van der Waals surface area contributed by atoms with Crippen LogP contribution < -0.4 is 10.6 Å². The Morgan fingerprint density at radius 3 is 2.35 bits per heavy atom. The summed E-state index contributed by atoms with van der Waals surface area (Å²) in [7, 11) is 0. The maximum absolute atomic E-state index is 11.9. The molecular weight excluding hydrogens is 256 g/mol. The van der Waals surface area contributed by atoms with Gasteiger partial charge in [0.15, 0.2) is 0 Å². The number of benzene rings is 1. The van der Waals surface area contributed by atoms with Crippen LogP contribution in [0.15, 0.2) is 30.3 Å². The quantitative estimate of drug-likeness (QED) is 0.839. The Balaban J connectivity index is 2.74. The first-order chi connectivity index (χ1) is 9.52. The number of rotatable bonds is 6. The van der Waals surface area contributed by atoms with E-state index in [1.807, 2.05) is 44.2 Å². The molecule has 0 aliphatic rings. The topological polar surface area (TPSA) is 67.4 Å². The number of carbonyl (C=O) groups is 2. The van der Waals surface area contributed by atoms with E-state index >= 15 is 0 Å². The van der Waals surface area contributed by atoms with E-state index in [0.29, 0.717) is 6.61 Å². The summed E-state index contributed by atoms with van der Waals surface area (Å²) in [6, 6.07) is 9.05. The Bertz CT molecular complexity index is 432. The average molecular weight is 278 g/mol. The molecule has 0 aliphatic carbocycles. The first-order valence-electron chi connectivity index (χ1n) is 6.80. The van der Waals surface area contributed by atoms with Gasteiger partial charge in [-0.2, -0.15) is 0 Å². The summed E-state index contributed by atoms with van der Waals surface area (Å²) in [5, 5.41) is 5.53. The van der Waals surface area contributed by atoms with E-state index in [0.717, 1.165) is 5.56 Å². The third kappa shape index (κ3) is 5.73. The Kier molecular flexibility index (Phi) is 6.56. The molecule has 0 aliphatic heterocycles. The van der Waals surface area contributed by atoms with E-state index in [9.17, 15) is 9.59 Å². The van der Waals surface area contributed by atoms with Crippen LogP contribution in [0.1, 0.15) is 38.8 Å². The van der Waals surface area contributed by atoms with E-state index in [-0.39, 0.29) is 18.4 Å². The molecule has 0 saturated heterocycles. The normalized spacial score (nSPS) is 11.8. The monoisotopic (exact) mass is 278 g/mol. The molecular formula is C15H22N2O3. The number of hydrogen-bond donors (Lipinski definition) is 2. The minimum Gasteiger partial charge on any atom is -0.450 e. The van der Waals surface area contributed by atoms with Gasteiger partial charge in [0.1, 0.15) is 0 Å². The Hall–Kier alpha value is -2.04. The van der Waals surface area contributed by atoms with Crippen molar-refractivity contribution >= 4 is 12.0 Å². The van der Waals surface area contributed by atoms with Crippen LogP contribution in [0, 0.1) is 0 Å². The highest BCUT2D eigenvalue weighted by Gasteiger charge is 2.19. The molecule has 0 spiro atoms. The summed E-state index contributed by atoms with van der Waals surface area (Å²) in [6.45, 7) is 5.83. The fourth-order valence-corrected chi connectivity index (χ4v) is 1.82. The van der Waals surface area contributed by atoms with Gasteiger partial charge in [0.25, 0.3) is 0 Å². The van der Waals surface area contributed by atoms with Crippen LogP contribution in [0.3, 0.4) is 0 Å². The maximum atomic E-state index is 11.9. The predicted molar refractivity (Wildman–Crippen MR) is 77.2 cm³/mol. The number of alkyl carbamates (subject to hydrolysis) is 1. The van der Waals surface area contributed by atoms with Gasteiger partial charge in [-0.1, -0.05) is 30.3 Å². The molecule has 0 bridgehead atoms. The SMILES string of the molecule is CCOC(=O)N[C@H](CC(=O)NC(C)C)c1ccccc1. The first kappa shape index (κ1) is 16.0. The number of hydrogen-bond acceptors (Lipinski definition) is 3. The Labute approximate surface area is 119 Å². The summed E-state index contributed by atoms with van der Waals surface area (Å²) >= 11 is 0. The zero-order valence-electron chi connectivity index (χ0n) is 12.2. The lowest BCUT2D eigenvalue weighted by Gasteiger charge is -2.19. The minimum absolute atomic E-state index is 0.0708. The van der Waals surface area contributed by atoms with Gasteiger partial charge in [0.05, 0.1) is 19.1 Å². The van der Waals surface area contributed by atoms with Crippen molar-refractivity contribution < 1.29 is 14.3 Å². The van der Waals surface area contributed by atoms with Gasteiger partial charge in [-0.3, -0.25) is 4.79 Å². The fourth-order valence-electron chi connectivity index (χ4n) is 1.82. The van der Waals surface area contributed by atoms with E-state index in [4.69, 9.17) is 4.74 Å². The van der Waals surface area contributed by atoms with Gasteiger partial charge in [-0.05, 0) is 26.3 Å². The molecule has 0 saturated carbocycles. The highest BCUT2D eigenvalue weighted by Crippen LogP contribution is 2.16. The second-order valence-electron chi connectivity index (χ2n) is 4.75. The zero-order valence-corrected chi connectivity index (χ0v) is 12.2. The highest BCUT2D eigenvalue weighted by atomic mass is 16.5. The van der Waals surface area contributed by atoms with Crippen molar-refractivity contribution in [2.45, 2.75) is 39.3 Å². The molecule has 1 aromatic rings. The van der Waals surface area contributed by atoms with Crippen molar-refractivity contribution in [2.24, 2.45) is 0 Å². The molecule has 1 atom stereocenters. The van der Waals surface area contributed by atoms with Crippen molar-refractivity contribution in [1.29, 1.82) is 0 Å². The van der Waals surface area contributed by atoms with Crippen LogP contribution >= 0.6 is 0 Å². The van der Waals surface area contributed by atoms with E-state index in [1.165, 1.54) is 0 Å². The molecule has 0 unspecified atom stereocenters. The van der Waals surface area contributed by atoms with Gasteiger partial charge >= 0.3 is 6.09 Å². The summed E-state index contributed by atoms with van der Waals surface area (Å²) in [5.74, 6) is -0.106. The van der Waals surface area contributed by atoms with E-state index < -0.39 is 12.1 Å². The number of amides is 2. The van der Waals surface area contributed by atoms with Crippen LogP contribution in [0.5, 0.6) is 0 Å². The Morgan fingerprint density at radius 2 is 1.80 bits per heavy atom. The average Bonchev–Trinajstić information content (AvgIpc) is 2.38. The number of carbonyl (C=O) groups excluding carboxylic acids is 2. The van der Waals surface area contributed by atoms with E-state index in [2.05, 4.69) is 10.6 Å². The number of nitrogens with one attached hydrogen (secondary N) is 2. The van der Waals surface area contributed by atoms with Crippen LogP contribution in [-0.4, -0.2) is 24.6 Å². The van der Waals surface area contributed by atoms with E-state index in [1.54, 1.807) is 6.92 Å². The van der Waals surface area contributed by atoms with Gasteiger partial charge < -0.3 is 15.4 Å². The van der Waals surface area contributed by atoms with Crippen molar-refractivity contribution in [3.63, 3.8) is 0 Å². The third-order valence-corrected chi connectivity index (χ3v) is 2.61. The van der Waals surface area contributed by atoms with Gasteiger partial charge in [-0.25, -0.2) is 4.79 Å². The summed E-state index contributed by atoms with van der Waals surface area (Å²) < 4.78 is 4.87. The number of ether oxygens (including phenoxy) is 1. The molecule has 1 rings (SSSR count). The standard InChI is InChI=1S/C15H22N2O3/c1-4-20-15(19)17-13(10-14(18)16-11(2)3)12-8-6-5-7-9-12/h5-9,11,13H,4,10H2,1-3H3,(H,16,18)(H,17,19)/t13-/m1/s1. The van der Waals surface area contributed by atoms with Crippen LogP contribution in [0.4, 0.5) is 4.79 Å². The zero-order chi connectivity index (χ0) is 15.0. The minimum atomic E-state index is -0.515. The second kappa shape index (κ2) is 8.19. The molecule has 20 heavy (non-hydrogen) atoms. The molecule has 0 aromatic heterocycles. The maximum Gasteiger partial charge on any atom is 0.407 e. The summed E-state index contributed by atoms with van der Waals surface area (Å²) in [5.41, 5.74) is 0.874. The fraction of sp³-hybridized carbons (Fsp3) is 0.467. The van der Waals surface area contributed by atoms with Crippen LogP contribution in [-0.2, 0) is 9.53 Å². The largest absolute Gasteiger partial charge is 0.450 e. The second-order valence-corrected chi connectivity index (χ2v) is 4.75. The molecule has 0 heterocycles. The molecule has 0 fully saturated rings. The summed E-state index contributed by atoms with van der Waals surface area (Å²) in [6.07, 6.45) is -0.334. The highest BCUT2D eigenvalue weighted by molar-refractivity contribution is 5.78. The van der Waals surface area contributed by atoms with Crippen molar-refractivity contribution in [2.75, 3.05) is 6.61 Å². The van der Waals surface area contributed by atoms with Gasteiger partial charge in [-0.15, -0.1) is 0 Å². The van der Waals surface area contributed by atoms with Crippen molar-refractivity contribution in [3.05, 3.63) is 35.9 Å². The lowest BCUT2D eigenvalue weighted by Crippen LogP contribution is -2.36. The molecule has 2 amide bonds. The molecule has 5 nitrogen and oxygen atoms in total. The lowest BCUT2D eigenvalue weighted by molar-refractivity contribution is -0.122. The predicted octanol–water partition coefficient (Wildman–Crippen LogP) is 2.39. The van der Waals surface area contributed by atoms with Crippen LogP contribution in [0.25, 0.3) is 0 Å². The lowest BCUT2D eigenvalue weighted by atomic mass is 10.0. The third-order valence-electron chi connectivity index (χ3n) is 2.61. The molecule has 0 radical (unpaired) electrons. The molecule has 2 N–H and O–H groups in total.